The summed E-state index contributed by atoms with van der Waals surface area (Å²) in [5.74, 6) is 0.236. The molecule has 0 spiro atoms. The van der Waals surface area contributed by atoms with Gasteiger partial charge in [-0.15, -0.1) is 0 Å². The van der Waals surface area contributed by atoms with Crippen molar-refractivity contribution in [3.63, 3.8) is 0 Å². The van der Waals surface area contributed by atoms with E-state index in [-0.39, 0.29) is 18.4 Å². The Hall–Kier alpha value is -4.39. The summed E-state index contributed by atoms with van der Waals surface area (Å²) in [6.45, 7) is 6.24. The Morgan fingerprint density at radius 3 is 2.20 bits per heavy atom. The number of esters is 1. The smallest absolute Gasteiger partial charge is 0.323 e. The highest BCUT2D eigenvalue weighted by atomic mass is 16.5. The molecule has 0 fully saturated rings. The van der Waals surface area contributed by atoms with E-state index >= 15 is 0 Å². The third kappa shape index (κ3) is 6.14. The number of ether oxygens (including phenoxy) is 1. The second-order valence-electron chi connectivity index (χ2n) is 8.19. The van der Waals surface area contributed by atoms with Gasteiger partial charge in [0.15, 0.2) is 0 Å². The first-order valence-corrected chi connectivity index (χ1v) is 11.4. The van der Waals surface area contributed by atoms with Crippen molar-refractivity contribution in [1.29, 1.82) is 0 Å². The van der Waals surface area contributed by atoms with Crippen LogP contribution in [0, 0.1) is 13.8 Å². The van der Waals surface area contributed by atoms with Gasteiger partial charge in [-0.1, -0.05) is 35.9 Å². The van der Waals surface area contributed by atoms with Crippen LogP contribution in [0.25, 0.3) is 22.7 Å². The third-order valence-corrected chi connectivity index (χ3v) is 5.42. The number of hydrogen-bond donors (Lipinski definition) is 2. The number of hydrogen-bond acceptors (Lipinski definition) is 5. The Kier molecular flexibility index (Phi) is 7.26. The first-order chi connectivity index (χ1) is 16.9. The molecule has 0 aliphatic carbocycles. The summed E-state index contributed by atoms with van der Waals surface area (Å²) >= 11 is 0. The normalized spacial score (nSPS) is 10.6. The maximum Gasteiger partial charge on any atom is 0.323 e. The average Bonchev–Trinajstić information content (AvgIpc) is 3.31. The van der Waals surface area contributed by atoms with E-state index in [4.69, 9.17) is 9.15 Å². The topological polar surface area (TPSA) is 93.5 Å². The van der Waals surface area contributed by atoms with Crippen molar-refractivity contribution in [2.45, 2.75) is 27.2 Å². The molecule has 178 valence electrons. The minimum absolute atomic E-state index is 0.198. The van der Waals surface area contributed by atoms with E-state index in [1.165, 1.54) is 5.56 Å². The molecule has 1 aromatic heterocycles. The number of nitrogens with one attached hydrogen (secondary N) is 2. The van der Waals surface area contributed by atoms with Gasteiger partial charge in [0, 0.05) is 22.5 Å². The molecule has 0 bridgehead atoms. The standard InChI is InChI=1S/C28H27N3O4/c1-4-34-26(32)16-20-6-10-22(11-7-20)29-28(33)30-23-12-8-21(9-13-23)27-31-25(17-35-27)24-14-5-18(2)15-19(24)3/h5-15,17H,4,16H2,1-3H3,(H2,29,30,33). The zero-order valence-corrected chi connectivity index (χ0v) is 19.9. The fourth-order valence-electron chi connectivity index (χ4n) is 3.71. The van der Waals surface area contributed by atoms with Gasteiger partial charge in [0.05, 0.1) is 13.0 Å². The van der Waals surface area contributed by atoms with Gasteiger partial charge in [-0.3, -0.25) is 4.79 Å². The highest BCUT2D eigenvalue weighted by Gasteiger charge is 2.11. The number of amides is 2. The number of anilines is 2. The fourth-order valence-corrected chi connectivity index (χ4v) is 3.71. The summed E-state index contributed by atoms with van der Waals surface area (Å²) in [6.07, 6.45) is 1.86. The lowest BCUT2D eigenvalue weighted by Crippen LogP contribution is -2.19. The van der Waals surface area contributed by atoms with Crippen LogP contribution < -0.4 is 10.6 Å². The van der Waals surface area contributed by atoms with Crippen molar-refractivity contribution in [3.05, 3.63) is 89.7 Å². The molecule has 3 aromatic carbocycles. The number of benzene rings is 3. The fraction of sp³-hybridized carbons (Fsp3) is 0.179. The third-order valence-electron chi connectivity index (χ3n) is 5.42. The Morgan fingerprint density at radius 1 is 0.914 bits per heavy atom. The van der Waals surface area contributed by atoms with Crippen LogP contribution in [0.5, 0.6) is 0 Å². The molecular weight excluding hydrogens is 442 g/mol. The van der Waals surface area contributed by atoms with Crippen molar-refractivity contribution in [2.75, 3.05) is 17.2 Å². The molecule has 4 rings (SSSR count). The molecule has 0 aliphatic rings. The molecule has 2 amide bonds. The lowest BCUT2D eigenvalue weighted by Gasteiger charge is -2.09. The first-order valence-electron chi connectivity index (χ1n) is 11.4. The predicted molar refractivity (Wildman–Crippen MR) is 136 cm³/mol. The van der Waals surface area contributed by atoms with E-state index in [0.29, 0.717) is 23.9 Å². The minimum atomic E-state index is -0.371. The largest absolute Gasteiger partial charge is 0.466 e. The number of rotatable bonds is 7. The predicted octanol–water partition coefficient (Wildman–Crippen LogP) is 6.38. The molecule has 35 heavy (non-hydrogen) atoms. The van der Waals surface area contributed by atoms with Crippen molar-refractivity contribution in [1.82, 2.24) is 4.98 Å². The molecule has 0 atom stereocenters. The summed E-state index contributed by atoms with van der Waals surface area (Å²) in [6, 6.07) is 20.2. The molecule has 1 heterocycles. The van der Waals surface area contributed by atoms with Crippen LogP contribution in [-0.2, 0) is 16.0 Å². The lowest BCUT2D eigenvalue weighted by molar-refractivity contribution is -0.142. The van der Waals surface area contributed by atoms with Crippen molar-refractivity contribution < 1.29 is 18.7 Å². The molecule has 0 aliphatic heterocycles. The zero-order chi connectivity index (χ0) is 24.8. The SMILES string of the molecule is CCOC(=O)Cc1ccc(NC(=O)Nc2ccc(-c3nc(-c4ccc(C)cc4C)co3)cc2)cc1. The number of urea groups is 1. The summed E-state index contributed by atoms with van der Waals surface area (Å²) < 4.78 is 10.6. The Balaban J connectivity index is 1.35. The molecule has 0 saturated carbocycles. The van der Waals surface area contributed by atoms with Crippen LogP contribution in [0.4, 0.5) is 16.2 Å². The molecule has 0 saturated heterocycles. The van der Waals surface area contributed by atoms with Crippen LogP contribution in [0.1, 0.15) is 23.6 Å². The average molecular weight is 470 g/mol. The van der Waals surface area contributed by atoms with Gasteiger partial charge in [-0.05, 0) is 68.3 Å². The van der Waals surface area contributed by atoms with Gasteiger partial charge in [0.25, 0.3) is 0 Å². The number of carbonyl (C=O) groups excluding carboxylic acids is 2. The Labute approximate surface area is 204 Å². The second-order valence-corrected chi connectivity index (χ2v) is 8.19. The van der Waals surface area contributed by atoms with Crippen LogP contribution in [0.3, 0.4) is 0 Å². The highest BCUT2D eigenvalue weighted by Crippen LogP contribution is 2.28. The number of carbonyl (C=O) groups is 2. The molecular formula is C28H27N3O4. The Bertz CT molecular complexity index is 1330. The van der Waals surface area contributed by atoms with Crippen molar-refractivity contribution in [3.8, 4) is 22.7 Å². The zero-order valence-electron chi connectivity index (χ0n) is 19.9. The molecule has 2 N–H and O–H groups in total. The van der Waals surface area contributed by atoms with Crippen LogP contribution in [-0.4, -0.2) is 23.6 Å². The maximum atomic E-state index is 12.4. The minimum Gasteiger partial charge on any atom is -0.466 e. The number of aromatic nitrogens is 1. The quantitative estimate of drug-likeness (QED) is 0.307. The summed E-state index contributed by atoms with van der Waals surface area (Å²) in [7, 11) is 0. The number of oxazole rings is 1. The molecule has 7 heteroatoms. The van der Waals surface area contributed by atoms with E-state index in [1.807, 2.05) is 18.2 Å². The van der Waals surface area contributed by atoms with E-state index in [2.05, 4.69) is 41.6 Å². The van der Waals surface area contributed by atoms with Gasteiger partial charge in [-0.2, -0.15) is 0 Å². The summed E-state index contributed by atoms with van der Waals surface area (Å²) in [5, 5.41) is 5.58. The molecule has 4 aromatic rings. The van der Waals surface area contributed by atoms with Crippen LogP contribution >= 0.6 is 0 Å². The van der Waals surface area contributed by atoms with E-state index in [9.17, 15) is 9.59 Å². The van der Waals surface area contributed by atoms with Gasteiger partial charge in [-0.25, -0.2) is 9.78 Å². The summed E-state index contributed by atoms with van der Waals surface area (Å²) in [4.78, 5) is 28.6. The number of aryl methyl sites for hydroxylation is 2. The van der Waals surface area contributed by atoms with Gasteiger partial charge in [0.1, 0.15) is 12.0 Å². The van der Waals surface area contributed by atoms with Crippen LogP contribution in [0.15, 0.2) is 77.4 Å². The maximum absolute atomic E-state index is 12.4. The molecule has 7 nitrogen and oxygen atoms in total. The van der Waals surface area contributed by atoms with Gasteiger partial charge < -0.3 is 19.8 Å². The first kappa shape index (κ1) is 23.8. The van der Waals surface area contributed by atoms with Crippen molar-refractivity contribution in [2.24, 2.45) is 0 Å². The molecule has 0 unspecified atom stereocenters. The van der Waals surface area contributed by atoms with Crippen molar-refractivity contribution >= 4 is 23.4 Å². The highest BCUT2D eigenvalue weighted by molar-refractivity contribution is 5.99. The van der Waals surface area contributed by atoms with E-state index < -0.39 is 0 Å². The Morgan fingerprint density at radius 2 is 1.57 bits per heavy atom. The van der Waals surface area contributed by atoms with Crippen LogP contribution in [0.2, 0.25) is 0 Å². The van der Waals surface area contributed by atoms with Gasteiger partial charge in [0.2, 0.25) is 5.89 Å². The van der Waals surface area contributed by atoms with Gasteiger partial charge >= 0.3 is 12.0 Å². The monoisotopic (exact) mass is 469 g/mol. The second kappa shape index (κ2) is 10.7. The molecule has 0 radical (unpaired) electrons. The number of nitrogens with zero attached hydrogens (tertiary/aromatic N) is 1. The summed E-state index contributed by atoms with van der Waals surface area (Å²) in [5.41, 5.74) is 7.04. The van der Waals surface area contributed by atoms with E-state index in [1.54, 1.807) is 49.6 Å². The van der Waals surface area contributed by atoms with E-state index in [0.717, 1.165) is 27.9 Å². The lowest BCUT2D eigenvalue weighted by atomic mass is 10.0.